The Bertz CT molecular complexity index is 88.7. The van der Waals surface area contributed by atoms with Gasteiger partial charge in [0, 0.05) is 19.8 Å². The van der Waals surface area contributed by atoms with Crippen molar-refractivity contribution in [2.24, 2.45) is 5.73 Å². The van der Waals surface area contributed by atoms with E-state index in [2.05, 4.69) is 0 Å². The Morgan fingerprint density at radius 3 is 2.08 bits per heavy atom. The van der Waals surface area contributed by atoms with Crippen molar-refractivity contribution in [2.45, 2.75) is 20.3 Å². The molecule has 0 saturated heterocycles. The summed E-state index contributed by atoms with van der Waals surface area (Å²) in [6.45, 7) is 6.47. The molecule has 0 radical (unpaired) electrons. The van der Waals surface area contributed by atoms with Crippen molar-refractivity contribution < 1.29 is 13.3 Å². The van der Waals surface area contributed by atoms with Crippen molar-refractivity contribution in [2.75, 3.05) is 26.4 Å². The van der Waals surface area contributed by atoms with Crippen LogP contribution < -0.4 is 5.73 Å². The Morgan fingerprint density at radius 2 is 1.67 bits per heavy atom. The van der Waals surface area contributed by atoms with Crippen molar-refractivity contribution >= 4 is 9.53 Å². The summed E-state index contributed by atoms with van der Waals surface area (Å²) in [5, 5.41) is 0. The van der Waals surface area contributed by atoms with Crippen LogP contribution in [0.25, 0.3) is 0 Å². The zero-order chi connectivity index (χ0) is 9.23. The standard InChI is InChI=1S/C7H19NO3Si/c1-3-9-12(10-4-2)11-7-5-6-8/h12H,3-8H2,1-2H3. The Kier molecular flexibility index (Phi) is 9.19. The lowest BCUT2D eigenvalue weighted by Gasteiger charge is -2.14. The molecule has 2 N–H and O–H groups in total. The third-order valence-corrected chi connectivity index (χ3v) is 2.93. The van der Waals surface area contributed by atoms with Gasteiger partial charge in [-0.05, 0) is 26.8 Å². The quantitative estimate of drug-likeness (QED) is 0.440. The van der Waals surface area contributed by atoms with E-state index in [9.17, 15) is 0 Å². The summed E-state index contributed by atoms with van der Waals surface area (Å²) in [7, 11) is -1.82. The van der Waals surface area contributed by atoms with Crippen molar-refractivity contribution in [1.82, 2.24) is 0 Å². The summed E-state index contributed by atoms with van der Waals surface area (Å²) < 4.78 is 15.9. The second-order valence-electron chi connectivity index (χ2n) is 2.21. The molecule has 0 aliphatic carbocycles. The smallest absolute Gasteiger partial charge is 0.376 e. The predicted molar refractivity (Wildman–Crippen MR) is 50.0 cm³/mol. The first-order valence-electron chi connectivity index (χ1n) is 4.40. The SMILES string of the molecule is CCO[SiH](OCC)OCCCN. The van der Waals surface area contributed by atoms with E-state index in [0.717, 1.165) is 6.42 Å². The summed E-state index contributed by atoms with van der Waals surface area (Å²) in [4.78, 5) is 0. The van der Waals surface area contributed by atoms with Gasteiger partial charge in [0.05, 0.1) is 0 Å². The van der Waals surface area contributed by atoms with Gasteiger partial charge in [-0.25, -0.2) is 0 Å². The molecular weight excluding hydrogens is 174 g/mol. The molecule has 0 bridgehead atoms. The summed E-state index contributed by atoms with van der Waals surface area (Å²) in [5.74, 6) is 0. The molecule has 0 aliphatic rings. The third kappa shape index (κ3) is 6.75. The third-order valence-electron chi connectivity index (χ3n) is 1.21. The average molecular weight is 193 g/mol. The van der Waals surface area contributed by atoms with Crippen molar-refractivity contribution in [1.29, 1.82) is 0 Å². The molecule has 4 nitrogen and oxygen atoms in total. The fraction of sp³-hybridized carbons (Fsp3) is 1.00. The molecule has 0 amide bonds. The Labute approximate surface area is 76.0 Å². The van der Waals surface area contributed by atoms with Gasteiger partial charge in [-0.3, -0.25) is 0 Å². The zero-order valence-electron chi connectivity index (χ0n) is 7.91. The molecule has 5 heteroatoms. The van der Waals surface area contributed by atoms with E-state index in [0.29, 0.717) is 26.4 Å². The van der Waals surface area contributed by atoms with Gasteiger partial charge in [0.1, 0.15) is 0 Å². The number of rotatable bonds is 8. The van der Waals surface area contributed by atoms with Gasteiger partial charge in [0.15, 0.2) is 0 Å². The largest absolute Gasteiger partial charge is 0.484 e. The van der Waals surface area contributed by atoms with E-state index in [4.69, 9.17) is 19.0 Å². The highest BCUT2D eigenvalue weighted by Crippen LogP contribution is 1.93. The van der Waals surface area contributed by atoms with E-state index < -0.39 is 9.53 Å². The van der Waals surface area contributed by atoms with Crippen molar-refractivity contribution in [3.05, 3.63) is 0 Å². The highest BCUT2D eigenvalue weighted by atomic mass is 28.3. The van der Waals surface area contributed by atoms with Gasteiger partial charge in [0.25, 0.3) is 0 Å². The van der Waals surface area contributed by atoms with E-state index in [1.165, 1.54) is 0 Å². The topological polar surface area (TPSA) is 53.7 Å². The van der Waals surface area contributed by atoms with Crippen LogP contribution in [0.1, 0.15) is 20.3 Å². The normalized spacial score (nSPS) is 11.0. The van der Waals surface area contributed by atoms with E-state index >= 15 is 0 Å². The molecule has 0 saturated carbocycles. The van der Waals surface area contributed by atoms with E-state index in [1.807, 2.05) is 13.8 Å². The van der Waals surface area contributed by atoms with Crippen LogP contribution in [0.3, 0.4) is 0 Å². The molecule has 0 heterocycles. The van der Waals surface area contributed by atoms with Gasteiger partial charge in [-0.15, -0.1) is 0 Å². The van der Waals surface area contributed by atoms with Crippen LogP contribution in [0, 0.1) is 0 Å². The molecule has 0 spiro atoms. The fourth-order valence-corrected chi connectivity index (χ4v) is 1.87. The number of hydrogen-bond acceptors (Lipinski definition) is 4. The van der Waals surface area contributed by atoms with E-state index in [-0.39, 0.29) is 0 Å². The first kappa shape index (κ1) is 12.1. The lowest BCUT2D eigenvalue weighted by atomic mass is 10.5. The molecule has 0 aromatic carbocycles. The Morgan fingerprint density at radius 1 is 1.08 bits per heavy atom. The zero-order valence-corrected chi connectivity index (χ0v) is 9.07. The maximum Gasteiger partial charge on any atom is 0.484 e. The van der Waals surface area contributed by atoms with Crippen LogP contribution >= 0.6 is 0 Å². The van der Waals surface area contributed by atoms with Gasteiger partial charge >= 0.3 is 9.53 Å². The maximum absolute atomic E-state index is 5.38. The minimum atomic E-state index is -1.82. The molecule has 0 aromatic rings. The van der Waals surface area contributed by atoms with Gasteiger partial charge in [-0.1, -0.05) is 0 Å². The van der Waals surface area contributed by atoms with Crippen molar-refractivity contribution in [3.63, 3.8) is 0 Å². The lowest BCUT2D eigenvalue weighted by Crippen LogP contribution is -2.28. The fourth-order valence-electron chi connectivity index (χ4n) is 0.679. The average Bonchev–Trinajstić information content (AvgIpc) is 2.06. The van der Waals surface area contributed by atoms with Gasteiger partial charge < -0.3 is 19.0 Å². The first-order chi connectivity index (χ1) is 5.85. The molecule has 12 heavy (non-hydrogen) atoms. The molecule has 0 atom stereocenters. The Balaban J connectivity index is 3.34. The maximum atomic E-state index is 5.38. The predicted octanol–water partition coefficient (Wildman–Crippen LogP) is 0.142. The van der Waals surface area contributed by atoms with Crippen molar-refractivity contribution in [3.8, 4) is 0 Å². The molecule has 0 rings (SSSR count). The minimum absolute atomic E-state index is 0.646. The molecule has 0 fully saturated rings. The van der Waals surface area contributed by atoms with Crippen LogP contribution in [-0.4, -0.2) is 35.9 Å². The number of nitrogens with two attached hydrogens (primary N) is 1. The first-order valence-corrected chi connectivity index (χ1v) is 5.81. The second-order valence-corrected chi connectivity index (χ2v) is 3.79. The molecule has 0 aromatic heterocycles. The van der Waals surface area contributed by atoms with Crippen LogP contribution in [0.15, 0.2) is 0 Å². The Hall–Kier alpha value is 0.0569. The molecule has 0 unspecified atom stereocenters. The van der Waals surface area contributed by atoms with Crippen LogP contribution in [0.4, 0.5) is 0 Å². The minimum Gasteiger partial charge on any atom is -0.376 e. The van der Waals surface area contributed by atoms with Gasteiger partial charge in [0.2, 0.25) is 0 Å². The van der Waals surface area contributed by atoms with Gasteiger partial charge in [-0.2, -0.15) is 0 Å². The number of hydrogen-bond donors (Lipinski definition) is 1. The van der Waals surface area contributed by atoms with Crippen LogP contribution in [-0.2, 0) is 13.3 Å². The van der Waals surface area contributed by atoms with E-state index in [1.54, 1.807) is 0 Å². The molecular formula is C7H19NO3Si. The lowest BCUT2D eigenvalue weighted by molar-refractivity contribution is 0.102. The van der Waals surface area contributed by atoms with Crippen LogP contribution in [0.5, 0.6) is 0 Å². The summed E-state index contributed by atoms with van der Waals surface area (Å²) in [5.41, 5.74) is 5.32. The summed E-state index contributed by atoms with van der Waals surface area (Å²) in [6, 6.07) is 0. The molecule has 0 aliphatic heterocycles. The molecule has 74 valence electrons. The highest BCUT2D eigenvalue weighted by molar-refractivity contribution is 6.36. The monoisotopic (exact) mass is 193 g/mol. The van der Waals surface area contributed by atoms with Crippen LogP contribution in [0.2, 0.25) is 0 Å². The second kappa shape index (κ2) is 9.15. The summed E-state index contributed by atoms with van der Waals surface area (Å²) >= 11 is 0. The highest BCUT2D eigenvalue weighted by Gasteiger charge is 2.12. The summed E-state index contributed by atoms with van der Waals surface area (Å²) in [6.07, 6.45) is 0.865.